The van der Waals surface area contributed by atoms with Crippen molar-refractivity contribution in [3.63, 3.8) is 0 Å². The summed E-state index contributed by atoms with van der Waals surface area (Å²) in [5.41, 5.74) is 6.33. The summed E-state index contributed by atoms with van der Waals surface area (Å²) in [7, 11) is -3.08. The van der Waals surface area contributed by atoms with Gasteiger partial charge in [0.05, 0.1) is 17.0 Å². The van der Waals surface area contributed by atoms with Crippen LogP contribution in [-0.4, -0.2) is 38.0 Å². The lowest BCUT2D eigenvalue weighted by molar-refractivity contribution is 0.0698. The largest absolute Gasteiger partial charge is 0.478 e. The first-order valence-corrected chi connectivity index (χ1v) is 6.90. The molecule has 0 radical (unpaired) electrons. The first-order valence-electron chi connectivity index (χ1n) is 4.84. The monoisotopic (exact) mass is 258 g/mol. The van der Waals surface area contributed by atoms with E-state index in [1.807, 2.05) is 0 Å². The van der Waals surface area contributed by atoms with Crippen LogP contribution >= 0.6 is 0 Å². The maximum absolute atomic E-state index is 10.9. The molecule has 0 unspecified atom stereocenters. The van der Waals surface area contributed by atoms with Crippen LogP contribution in [0.5, 0.6) is 0 Å². The van der Waals surface area contributed by atoms with Gasteiger partial charge in [0.25, 0.3) is 0 Å². The third kappa shape index (κ3) is 4.31. The Balaban J connectivity index is 2.82. The Labute approximate surface area is 99.4 Å². The average Bonchev–Trinajstić information content (AvgIpc) is 2.15. The van der Waals surface area contributed by atoms with Crippen molar-refractivity contribution in [2.75, 3.05) is 29.6 Å². The van der Waals surface area contributed by atoms with Crippen LogP contribution in [0.4, 0.5) is 11.4 Å². The number of nitrogens with one attached hydrogen (secondary N) is 1. The molecular weight excluding hydrogens is 244 g/mol. The van der Waals surface area contributed by atoms with E-state index in [0.717, 1.165) is 6.26 Å². The lowest BCUT2D eigenvalue weighted by Crippen LogP contribution is -2.16. The number of rotatable bonds is 5. The van der Waals surface area contributed by atoms with Gasteiger partial charge in [0, 0.05) is 18.5 Å². The number of benzene rings is 1. The zero-order chi connectivity index (χ0) is 13.1. The minimum absolute atomic E-state index is 0.0627. The third-order valence-corrected chi connectivity index (χ3v) is 3.01. The van der Waals surface area contributed by atoms with Gasteiger partial charge in [-0.3, -0.25) is 0 Å². The highest BCUT2D eigenvalue weighted by Crippen LogP contribution is 2.19. The van der Waals surface area contributed by atoms with Crippen LogP contribution in [0.25, 0.3) is 0 Å². The predicted molar refractivity (Wildman–Crippen MR) is 66.0 cm³/mol. The van der Waals surface area contributed by atoms with Crippen molar-refractivity contribution >= 4 is 27.2 Å². The van der Waals surface area contributed by atoms with E-state index in [1.165, 1.54) is 18.2 Å². The Morgan fingerprint density at radius 2 is 2.12 bits per heavy atom. The van der Waals surface area contributed by atoms with Crippen molar-refractivity contribution in [3.8, 4) is 0 Å². The molecule has 0 heterocycles. The molecule has 17 heavy (non-hydrogen) atoms. The van der Waals surface area contributed by atoms with E-state index in [4.69, 9.17) is 10.8 Å². The molecule has 0 amide bonds. The number of carboxylic acids is 1. The lowest BCUT2D eigenvalue weighted by Gasteiger charge is -2.09. The fourth-order valence-corrected chi connectivity index (χ4v) is 1.74. The van der Waals surface area contributed by atoms with Crippen LogP contribution in [0.15, 0.2) is 18.2 Å². The van der Waals surface area contributed by atoms with Crippen molar-refractivity contribution in [1.29, 1.82) is 0 Å². The molecule has 7 heteroatoms. The smallest absolute Gasteiger partial charge is 0.337 e. The second-order valence-corrected chi connectivity index (χ2v) is 5.93. The zero-order valence-corrected chi connectivity index (χ0v) is 10.1. The molecule has 0 spiro atoms. The molecule has 6 nitrogen and oxygen atoms in total. The van der Waals surface area contributed by atoms with Gasteiger partial charge in [0.15, 0.2) is 0 Å². The van der Waals surface area contributed by atoms with Gasteiger partial charge in [-0.1, -0.05) is 0 Å². The lowest BCUT2D eigenvalue weighted by atomic mass is 10.1. The molecule has 0 saturated carbocycles. The van der Waals surface area contributed by atoms with E-state index in [2.05, 4.69) is 5.32 Å². The highest BCUT2D eigenvalue weighted by atomic mass is 32.2. The molecule has 94 valence electrons. The molecule has 0 fully saturated rings. The second kappa shape index (κ2) is 5.05. The van der Waals surface area contributed by atoms with Crippen molar-refractivity contribution in [3.05, 3.63) is 23.8 Å². The number of carboxylic acid groups (broad SMARTS) is 1. The van der Waals surface area contributed by atoms with Crippen molar-refractivity contribution < 1.29 is 18.3 Å². The number of hydrogen-bond acceptors (Lipinski definition) is 5. The topological polar surface area (TPSA) is 109 Å². The Kier molecular flexibility index (Phi) is 3.95. The maximum Gasteiger partial charge on any atom is 0.337 e. The van der Waals surface area contributed by atoms with Gasteiger partial charge in [-0.2, -0.15) is 0 Å². The van der Waals surface area contributed by atoms with Gasteiger partial charge in [0.1, 0.15) is 9.84 Å². The Hall–Kier alpha value is -1.76. The molecule has 0 atom stereocenters. The number of anilines is 2. The summed E-state index contributed by atoms with van der Waals surface area (Å²) in [5.74, 6) is -1.16. The summed E-state index contributed by atoms with van der Waals surface area (Å²) in [6.07, 6.45) is 1.12. The summed E-state index contributed by atoms with van der Waals surface area (Å²) in [5, 5.41) is 11.7. The summed E-state index contributed by atoms with van der Waals surface area (Å²) in [6, 6.07) is 4.32. The van der Waals surface area contributed by atoms with Gasteiger partial charge < -0.3 is 16.2 Å². The minimum Gasteiger partial charge on any atom is -0.478 e. The van der Waals surface area contributed by atoms with Gasteiger partial charge in [-0.15, -0.1) is 0 Å². The number of hydrogen-bond donors (Lipinski definition) is 3. The van der Waals surface area contributed by atoms with E-state index < -0.39 is 15.8 Å². The fraction of sp³-hybridized carbons (Fsp3) is 0.300. The van der Waals surface area contributed by atoms with Crippen molar-refractivity contribution in [1.82, 2.24) is 0 Å². The molecule has 0 aliphatic heterocycles. The molecule has 0 aliphatic carbocycles. The van der Waals surface area contributed by atoms with Crippen molar-refractivity contribution in [2.45, 2.75) is 0 Å². The number of sulfone groups is 1. The van der Waals surface area contributed by atoms with Gasteiger partial charge in [-0.05, 0) is 18.2 Å². The van der Waals surface area contributed by atoms with E-state index in [0.29, 0.717) is 11.4 Å². The summed E-state index contributed by atoms with van der Waals surface area (Å²) < 4.78 is 21.9. The first-order chi connectivity index (χ1) is 7.79. The first kappa shape index (κ1) is 13.3. The number of nitrogen functional groups attached to an aromatic ring is 1. The molecule has 0 aliphatic rings. The van der Waals surface area contributed by atoms with Crippen molar-refractivity contribution in [2.24, 2.45) is 0 Å². The van der Waals surface area contributed by atoms with Crippen LogP contribution < -0.4 is 11.1 Å². The SMILES string of the molecule is CS(=O)(=O)CCNc1cc(N)ccc1C(=O)O. The Morgan fingerprint density at radius 3 is 2.65 bits per heavy atom. The second-order valence-electron chi connectivity index (χ2n) is 3.67. The minimum atomic E-state index is -3.08. The molecule has 0 aromatic heterocycles. The number of carbonyl (C=O) groups is 1. The quantitative estimate of drug-likeness (QED) is 0.660. The van der Waals surface area contributed by atoms with Gasteiger partial charge in [-0.25, -0.2) is 13.2 Å². The van der Waals surface area contributed by atoms with E-state index in [9.17, 15) is 13.2 Å². The summed E-state index contributed by atoms with van der Waals surface area (Å²) >= 11 is 0. The van der Waals surface area contributed by atoms with E-state index in [1.54, 1.807) is 0 Å². The van der Waals surface area contributed by atoms with Crippen LogP contribution in [-0.2, 0) is 9.84 Å². The van der Waals surface area contributed by atoms with Crippen LogP contribution in [0.1, 0.15) is 10.4 Å². The van der Waals surface area contributed by atoms with Gasteiger partial charge >= 0.3 is 5.97 Å². The molecule has 4 N–H and O–H groups in total. The van der Waals surface area contributed by atoms with E-state index >= 15 is 0 Å². The molecule has 0 saturated heterocycles. The van der Waals surface area contributed by atoms with Crippen LogP contribution in [0.2, 0.25) is 0 Å². The highest BCUT2D eigenvalue weighted by molar-refractivity contribution is 7.90. The van der Waals surface area contributed by atoms with Crippen LogP contribution in [0.3, 0.4) is 0 Å². The summed E-state index contributed by atoms with van der Waals surface area (Å²) in [6.45, 7) is 0.141. The Morgan fingerprint density at radius 1 is 1.47 bits per heavy atom. The number of aromatic carboxylic acids is 1. The number of nitrogens with two attached hydrogens (primary N) is 1. The maximum atomic E-state index is 10.9. The molecular formula is C10H14N2O4S. The molecule has 1 aromatic carbocycles. The summed E-state index contributed by atoms with van der Waals surface area (Å²) in [4.78, 5) is 10.9. The predicted octanol–water partition coefficient (Wildman–Crippen LogP) is 0.423. The third-order valence-electron chi connectivity index (χ3n) is 2.06. The Bertz CT molecular complexity index is 525. The van der Waals surface area contributed by atoms with Gasteiger partial charge in [0.2, 0.25) is 0 Å². The highest BCUT2D eigenvalue weighted by Gasteiger charge is 2.10. The zero-order valence-electron chi connectivity index (χ0n) is 9.30. The molecule has 1 rings (SSSR count). The fourth-order valence-electron chi connectivity index (χ4n) is 1.27. The van der Waals surface area contributed by atoms with E-state index in [-0.39, 0.29) is 17.9 Å². The molecule has 1 aromatic rings. The normalized spacial score (nSPS) is 11.1. The molecule has 0 bridgehead atoms. The van der Waals surface area contributed by atoms with Crippen LogP contribution in [0, 0.1) is 0 Å². The average molecular weight is 258 g/mol. The standard InChI is InChI=1S/C10H14N2O4S/c1-17(15,16)5-4-12-9-6-7(11)2-3-8(9)10(13)14/h2-3,6,12H,4-5,11H2,1H3,(H,13,14).